The van der Waals surface area contributed by atoms with E-state index in [1.807, 2.05) is 77.8 Å². The van der Waals surface area contributed by atoms with Gasteiger partial charge in [0.25, 0.3) is 0 Å². The van der Waals surface area contributed by atoms with Crippen LogP contribution in [0.4, 0.5) is 0 Å². The molecular weight excluding hydrogens is 392 g/mol. The van der Waals surface area contributed by atoms with Gasteiger partial charge in [0.15, 0.2) is 0 Å². The van der Waals surface area contributed by atoms with Gasteiger partial charge < -0.3 is 9.64 Å². The van der Waals surface area contributed by atoms with E-state index in [4.69, 9.17) is 4.74 Å². The molecule has 1 fully saturated rings. The third-order valence-corrected chi connectivity index (χ3v) is 5.66. The van der Waals surface area contributed by atoms with Crippen LogP contribution >= 0.6 is 0 Å². The molecule has 0 spiro atoms. The van der Waals surface area contributed by atoms with Gasteiger partial charge >= 0.3 is 0 Å². The molecule has 0 aliphatic carbocycles. The van der Waals surface area contributed by atoms with Crippen LogP contribution in [0.5, 0.6) is 0 Å². The number of rotatable bonds is 5. The Labute approximate surface area is 180 Å². The summed E-state index contributed by atoms with van der Waals surface area (Å²) in [5.41, 5.74) is 3.91. The zero-order valence-electron chi connectivity index (χ0n) is 17.4. The summed E-state index contributed by atoms with van der Waals surface area (Å²) in [7, 11) is 1.89. The van der Waals surface area contributed by atoms with Crippen molar-refractivity contribution in [3.05, 3.63) is 66.9 Å². The Balaban J connectivity index is 1.22. The molecule has 8 heteroatoms. The molecule has 4 aromatic rings. The van der Waals surface area contributed by atoms with Gasteiger partial charge in [-0.3, -0.25) is 19.1 Å². The number of fused-ring (bicyclic) bond motifs is 1. The summed E-state index contributed by atoms with van der Waals surface area (Å²) in [6.07, 6.45) is 7.64. The Hall–Kier alpha value is -3.52. The van der Waals surface area contributed by atoms with E-state index in [9.17, 15) is 4.79 Å². The molecule has 158 valence electrons. The summed E-state index contributed by atoms with van der Waals surface area (Å²) in [6.45, 7) is 2.18. The Morgan fingerprint density at radius 3 is 2.81 bits per heavy atom. The molecule has 1 aliphatic heterocycles. The first-order valence-corrected chi connectivity index (χ1v) is 10.4. The van der Waals surface area contributed by atoms with E-state index in [2.05, 4.69) is 15.2 Å². The van der Waals surface area contributed by atoms with Gasteiger partial charge in [0, 0.05) is 48.9 Å². The molecule has 1 unspecified atom stereocenters. The van der Waals surface area contributed by atoms with Crippen molar-refractivity contribution in [2.24, 2.45) is 7.05 Å². The van der Waals surface area contributed by atoms with Crippen molar-refractivity contribution in [3.63, 3.8) is 0 Å². The molecule has 3 aromatic heterocycles. The van der Waals surface area contributed by atoms with Crippen molar-refractivity contribution in [2.45, 2.75) is 19.1 Å². The van der Waals surface area contributed by atoms with Crippen molar-refractivity contribution < 1.29 is 9.53 Å². The van der Waals surface area contributed by atoms with Gasteiger partial charge in [-0.2, -0.15) is 10.2 Å². The summed E-state index contributed by atoms with van der Waals surface area (Å²) >= 11 is 0. The Kier molecular flexibility index (Phi) is 5.21. The van der Waals surface area contributed by atoms with Gasteiger partial charge in [0.1, 0.15) is 6.10 Å². The molecule has 1 atom stereocenters. The Morgan fingerprint density at radius 2 is 2.00 bits per heavy atom. The van der Waals surface area contributed by atoms with Gasteiger partial charge in [-0.1, -0.05) is 24.3 Å². The highest BCUT2D eigenvalue weighted by Gasteiger charge is 2.26. The van der Waals surface area contributed by atoms with E-state index >= 15 is 0 Å². The minimum absolute atomic E-state index is 0.111. The highest BCUT2D eigenvalue weighted by molar-refractivity contribution is 5.79. The van der Waals surface area contributed by atoms with Crippen LogP contribution in [-0.4, -0.2) is 55.0 Å². The second kappa shape index (κ2) is 8.31. The van der Waals surface area contributed by atoms with E-state index in [1.54, 1.807) is 4.68 Å². The van der Waals surface area contributed by atoms with Crippen LogP contribution in [0, 0.1) is 0 Å². The smallest absolute Gasteiger partial charge is 0.224 e. The molecule has 0 radical (unpaired) electrons. The SMILES string of the molecule is Cn1cc(-c2ccc(C3CN(C(=O)CCn4ncc5ccccc54)CCO3)nc2)cn1. The van der Waals surface area contributed by atoms with Gasteiger partial charge in [0.05, 0.1) is 43.3 Å². The zero-order valence-corrected chi connectivity index (χ0v) is 17.4. The summed E-state index contributed by atoms with van der Waals surface area (Å²) in [5, 5.41) is 9.70. The molecule has 8 nitrogen and oxygen atoms in total. The number of aryl methyl sites for hydroxylation is 2. The lowest BCUT2D eigenvalue weighted by Crippen LogP contribution is -2.42. The largest absolute Gasteiger partial charge is 0.368 e. The summed E-state index contributed by atoms with van der Waals surface area (Å²) in [5.74, 6) is 0.111. The average Bonchev–Trinajstić information content (AvgIpc) is 3.44. The maximum absolute atomic E-state index is 12.8. The average molecular weight is 416 g/mol. The molecule has 31 heavy (non-hydrogen) atoms. The minimum Gasteiger partial charge on any atom is -0.368 e. The molecular formula is C23H24N6O2. The third kappa shape index (κ3) is 4.06. The number of hydrogen-bond donors (Lipinski definition) is 0. The van der Waals surface area contributed by atoms with Crippen molar-refractivity contribution >= 4 is 16.8 Å². The van der Waals surface area contributed by atoms with E-state index in [0.29, 0.717) is 32.7 Å². The highest BCUT2D eigenvalue weighted by Crippen LogP contribution is 2.24. The monoisotopic (exact) mass is 416 g/mol. The first-order chi connectivity index (χ1) is 15.2. The lowest BCUT2D eigenvalue weighted by atomic mass is 10.1. The van der Waals surface area contributed by atoms with E-state index in [1.165, 1.54) is 0 Å². The first-order valence-electron chi connectivity index (χ1n) is 10.4. The van der Waals surface area contributed by atoms with E-state index in [0.717, 1.165) is 27.7 Å². The Bertz CT molecular complexity index is 1200. The maximum Gasteiger partial charge on any atom is 0.224 e. The number of para-hydroxylation sites is 1. The van der Waals surface area contributed by atoms with Crippen LogP contribution in [-0.2, 0) is 23.1 Å². The van der Waals surface area contributed by atoms with E-state index in [-0.39, 0.29) is 12.0 Å². The molecule has 0 N–H and O–H groups in total. The fourth-order valence-corrected chi connectivity index (χ4v) is 3.96. The van der Waals surface area contributed by atoms with Crippen molar-refractivity contribution in [1.29, 1.82) is 0 Å². The van der Waals surface area contributed by atoms with Crippen LogP contribution < -0.4 is 0 Å². The maximum atomic E-state index is 12.8. The normalized spacial score (nSPS) is 16.7. The quantitative estimate of drug-likeness (QED) is 0.500. The number of morpholine rings is 1. The van der Waals surface area contributed by atoms with Crippen LogP contribution in [0.25, 0.3) is 22.0 Å². The predicted molar refractivity (Wildman–Crippen MR) is 116 cm³/mol. The molecule has 0 bridgehead atoms. The number of nitrogens with zero attached hydrogens (tertiary/aromatic N) is 6. The van der Waals surface area contributed by atoms with Crippen molar-refractivity contribution in [3.8, 4) is 11.1 Å². The fourth-order valence-electron chi connectivity index (χ4n) is 3.96. The zero-order chi connectivity index (χ0) is 21.2. The highest BCUT2D eigenvalue weighted by atomic mass is 16.5. The number of carbonyl (C=O) groups is 1. The summed E-state index contributed by atoms with van der Waals surface area (Å²) < 4.78 is 9.57. The number of amides is 1. The molecule has 0 saturated carbocycles. The lowest BCUT2D eigenvalue weighted by Gasteiger charge is -2.32. The number of hydrogen-bond acceptors (Lipinski definition) is 5. The standard InChI is InChI=1S/C23H24N6O2/c1-27-15-19(14-25-27)17-6-7-20(24-12-17)22-16-28(10-11-31-22)23(30)8-9-29-21-5-3-2-4-18(21)13-26-29/h2-7,12-15,22H,8-11,16H2,1H3. The number of benzene rings is 1. The molecule has 1 aliphatic rings. The predicted octanol–water partition coefficient (Wildman–Crippen LogP) is 2.82. The third-order valence-electron chi connectivity index (χ3n) is 5.66. The van der Waals surface area contributed by atoms with Crippen LogP contribution in [0.1, 0.15) is 18.2 Å². The minimum atomic E-state index is -0.216. The number of pyridine rings is 1. The number of carbonyl (C=O) groups excluding carboxylic acids is 1. The van der Waals surface area contributed by atoms with Gasteiger partial charge in [-0.25, -0.2) is 0 Å². The molecule has 1 saturated heterocycles. The molecule has 1 amide bonds. The van der Waals surface area contributed by atoms with Gasteiger partial charge in [-0.05, 0) is 12.1 Å². The molecule has 4 heterocycles. The van der Waals surface area contributed by atoms with Crippen LogP contribution in [0.3, 0.4) is 0 Å². The van der Waals surface area contributed by atoms with Crippen LogP contribution in [0.2, 0.25) is 0 Å². The lowest BCUT2D eigenvalue weighted by molar-refractivity contribution is -0.139. The van der Waals surface area contributed by atoms with E-state index < -0.39 is 0 Å². The van der Waals surface area contributed by atoms with Crippen molar-refractivity contribution in [2.75, 3.05) is 19.7 Å². The van der Waals surface area contributed by atoms with Crippen molar-refractivity contribution in [1.82, 2.24) is 29.4 Å². The molecule has 1 aromatic carbocycles. The number of aromatic nitrogens is 5. The topological polar surface area (TPSA) is 78.1 Å². The molecule has 5 rings (SSSR count). The van der Waals surface area contributed by atoms with Gasteiger partial charge in [0.2, 0.25) is 5.91 Å². The second-order valence-electron chi connectivity index (χ2n) is 7.75. The van der Waals surface area contributed by atoms with Crippen LogP contribution in [0.15, 0.2) is 61.2 Å². The summed E-state index contributed by atoms with van der Waals surface area (Å²) in [6, 6.07) is 12.0. The van der Waals surface area contributed by atoms with Gasteiger partial charge in [-0.15, -0.1) is 0 Å². The summed E-state index contributed by atoms with van der Waals surface area (Å²) in [4.78, 5) is 19.3. The first kappa shape index (κ1) is 19.4. The number of ether oxygens (including phenoxy) is 1. The fraction of sp³-hybridized carbons (Fsp3) is 0.304. The Morgan fingerprint density at radius 1 is 1.10 bits per heavy atom. The second-order valence-corrected chi connectivity index (χ2v) is 7.75.